The number of carbonyl (C=O) groups is 1. The molecule has 0 radical (unpaired) electrons. The predicted octanol–water partition coefficient (Wildman–Crippen LogP) is 7.99. The van der Waals surface area contributed by atoms with E-state index in [2.05, 4.69) is 19.9 Å². The summed E-state index contributed by atoms with van der Waals surface area (Å²) < 4.78 is 0. The highest BCUT2D eigenvalue weighted by Crippen LogP contribution is 2.62. The second-order valence-electron chi connectivity index (χ2n) is 13.3. The van der Waals surface area contributed by atoms with E-state index in [9.17, 15) is 15.0 Å². The Hall–Kier alpha value is -1.55. The largest absolute Gasteiger partial charge is 0.508 e. The smallest absolute Gasteiger partial charge is 0.222 e. The van der Waals surface area contributed by atoms with Gasteiger partial charge in [-0.1, -0.05) is 71.3 Å². The first-order valence-corrected chi connectivity index (χ1v) is 16.1. The minimum Gasteiger partial charge on any atom is -0.508 e. The Morgan fingerprint density at radius 3 is 2.45 bits per heavy atom. The summed E-state index contributed by atoms with van der Waals surface area (Å²) in [6, 6.07) is 6.12. The number of rotatable bonds is 14. The zero-order valence-corrected chi connectivity index (χ0v) is 24.6. The van der Waals surface area contributed by atoms with Gasteiger partial charge in [0.25, 0.3) is 0 Å². The summed E-state index contributed by atoms with van der Waals surface area (Å²) in [7, 11) is 1.94. The average molecular weight is 526 g/mol. The molecule has 6 atom stereocenters. The van der Waals surface area contributed by atoms with E-state index < -0.39 is 0 Å². The third kappa shape index (κ3) is 6.77. The lowest BCUT2D eigenvalue weighted by Gasteiger charge is -2.53. The molecule has 1 aromatic rings. The van der Waals surface area contributed by atoms with Crippen LogP contribution in [0, 0.1) is 23.2 Å². The second-order valence-corrected chi connectivity index (χ2v) is 13.3. The monoisotopic (exact) mass is 525 g/mol. The molecule has 3 aliphatic rings. The minimum absolute atomic E-state index is 0.101. The second kappa shape index (κ2) is 13.7. The number of benzene rings is 1. The molecule has 4 rings (SSSR count). The standard InChI is InChI=1S/C34H55NO3/c1-4-5-22-35(3)32(38)15-13-11-9-7-6-8-10-12-14-25-23-26-24-27(36)16-17-28(26)29-20-21-34(2)30(33(25)29)18-19-31(34)37/h16-17,24-25,29-31,33,36-37H,4-15,18-23H2,1-3H3/t25-,29?,30?,31+,33-,34+/m1/s1. The number of nitrogens with zero attached hydrogens (tertiary/aromatic N) is 1. The molecule has 3 aliphatic carbocycles. The van der Waals surface area contributed by atoms with Gasteiger partial charge in [0.15, 0.2) is 0 Å². The van der Waals surface area contributed by atoms with Crippen molar-refractivity contribution < 1.29 is 15.0 Å². The molecule has 0 aliphatic heterocycles. The van der Waals surface area contributed by atoms with E-state index in [1.807, 2.05) is 24.1 Å². The molecule has 4 heteroatoms. The fourth-order valence-corrected chi connectivity index (χ4v) is 8.49. The zero-order chi connectivity index (χ0) is 27.1. The molecule has 0 saturated heterocycles. The van der Waals surface area contributed by atoms with Crippen molar-refractivity contribution in [3.63, 3.8) is 0 Å². The molecule has 4 nitrogen and oxygen atoms in total. The summed E-state index contributed by atoms with van der Waals surface area (Å²) in [4.78, 5) is 14.1. The molecular weight excluding hydrogens is 470 g/mol. The number of aromatic hydroxyl groups is 1. The van der Waals surface area contributed by atoms with Crippen LogP contribution in [0.2, 0.25) is 0 Å². The molecule has 214 valence electrons. The van der Waals surface area contributed by atoms with Gasteiger partial charge in [0.1, 0.15) is 5.75 Å². The van der Waals surface area contributed by atoms with Crippen molar-refractivity contribution in [1.29, 1.82) is 0 Å². The van der Waals surface area contributed by atoms with Gasteiger partial charge < -0.3 is 15.1 Å². The zero-order valence-electron chi connectivity index (χ0n) is 24.6. The number of phenols is 1. The van der Waals surface area contributed by atoms with Crippen LogP contribution in [0.5, 0.6) is 5.75 Å². The lowest BCUT2D eigenvalue weighted by atomic mass is 9.52. The Labute approximate surface area is 232 Å². The first-order chi connectivity index (χ1) is 18.3. The fraction of sp³-hybridized carbons (Fsp3) is 0.794. The van der Waals surface area contributed by atoms with Crippen molar-refractivity contribution in [3.8, 4) is 5.75 Å². The summed E-state index contributed by atoms with van der Waals surface area (Å²) in [5.41, 5.74) is 2.97. The van der Waals surface area contributed by atoms with Crippen molar-refractivity contribution in [3.05, 3.63) is 29.3 Å². The van der Waals surface area contributed by atoms with E-state index in [4.69, 9.17) is 0 Å². The summed E-state index contributed by atoms with van der Waals surface area (Å²) >= 11 is 0. The number of aliphatic hydroxyl groups is 1. The molecule has 1 aromatic carbocycles. The van der Waals surface area contributed by atoms with Gasteiger partial charge in [-0.05, 0) is 104 Å². The van der Waals surface area contributed by atoms with Crippen LogP contribution in [-0.4, -0.2) is 40.7 Å². The van der Waals surface area contributed by atoms with E-state index >= 15 is 0 Å². The molecule has 0 aromatic heterocycles. The van der Waals surface area contributed by atoms with Crippen LogP contribution in [0.4, 0.5) is 0 Å². The van der Waals surface area contributed by atoms with Crippen molar-refractivity contribution in [1.82, 2.24) is 4.90 Å². The normalized spacial score (nSPS) is 29.9. The third-order valence-corrected chi connectivity index (χ3v) is 10.8. The van der Waals surface area contributed by atoms with Gasteiger partial charge >= 0.3 is 0 Å². The summed E-state index contributed by atoms with van der Waals surface area (Å²) in [5.74, 6) is 3.33. The maximum atomic E-state index is 12.2. The van der Waals surface area contributed by atoms with E-state index in [0.29, 0.717) is 41.7 Å². The van der Waals surface area contributed by atoms with Crippen molar-refractivity contribution in [2.24, 2.45) is 23.2 Å². The lowest BCUT2D eigenvalue weighted by Crippen LogP contribution is -2.47. The number of phenolic OH excluding ortho intramolecular Hbond substituents is 1. The van der Waals surface area contributed by atoms with E-state index in [1.54, 1.807) is 0 Å². The lowest BCUT2D eigenvalue weighted by molar-refractivity contribution is -0.130. The van der Waals surface area contributed by atoms with Gasteiger partial charge in [0.2, 0.25) is 5.91 Å². The maximum Gasteiger partial charge on any atom is 0.222 e. The molecule has 0 heterocycles. The van der Waals surface area contributed by atoms with Crippen LogP contribution < -0.4 is 0 Å². The highest BCUT2D eigenvalue weighted by Gasteiger charge is 2.56. The minimum atomic E-state index is -0.129. The van der Waals surface area contributed by atoms with Gasteiger partial charge in [0.05, 0.1) is 6.10 Å². The Kier molecular flexibility index (Phi) is 10.6. The molecular formula is C34H55NO3. The third-order valence-electron chi connectivity index (χ3n) is 10.8. The summed E-state index contributed by atoms with van der Waals surface area (Å²) in [6.45, 7) is 5.44. The Morgan fingerprint density at radius 2 is 1.71 bits per heavy atom. The van der Waals surface area contributed by atoms with E-state index in [0.717, 1.165) is 45.1 Å². The van der Waals surface area contributed by atoms with Gasteiger partial charge in [-0.2, -0.15) is 0 Å². The number of unbranched alkanes of at least 4 members (excludes halogenated alkanes) is 8. The number of amides is 1. The molecule has 0 spiro atoms. The van der Waals surface area contributed by atoms with Crippen molar-refractivity contribution in [2.45, 2.75) is 135 Å². The molecule has 38 heavy (non-hydrogen) atoms. The van der Waals surface area contributed by atoms with Crippen LogP contribution in [0.1, 0.15) is 134 Å². The maximum absolute atomic E-state index is 12.2. The Bertz CT molecular complexity index is 900. The molecule has 0 bridgehead atoms. The average Bonchev–Trinajstić information content (AvgIpc) is 3.21. The van der Waals surface area contributed by atoms with Crippen LogP contribution in [-0.2, 0) is 11.2 Å². The SMILES string of the molecule is CCCCN(C)C(=O)CCCCCCCCCC[C@@H]1Cc2cc(O)ccc2C2CC[C@@]3(C)C(CC[C@@H]3O)[C@@H]21. The number of fused-ring (bicyclic) bond motifs is 5. The van der Waals surface area contributed by atoms with Crippen LogP contribution in [0.3, 0.4) is 0 Å². The van der Waals surface area contributed by atoms with Crippen molar-refractivity contribution in [2.75, 3.05) is 13.6 Å². The van der Waals surface area contributed by atoms with Gasteiger partial charge in [-0.3, -0.25) is 4.79 Å². The van der Waals surface area contributed by atoms with Gasteiger partial charge in [0, 0.05) is 20.0 Å². The predicted molar refractivity (Wildman–Crippen MR) is 156 cm³/mol. The topological polar surface area (TPSA) is 60.8 Å². The molecule has 1 amide bonds. The summed E-state index contributed by atoms with van der Waals surface area (Å²) in [6.07, 6.45) is 19.7. The molecule has 2 fully saturated rings. The fourth-order valence-electron chi connectivity index (χ4n) is 8.49. The number of hydrogen-bond acceptors (Lipinski definition) is 3. The van der Waals surface area contributed by atoms with Gasteiger partial charge in [-0.25, -0.2) is 0 Å². The van der Waals surface area contributed by atoms with Crippen LogP contribution in [0.25, 0.3) is 0 Å². The number of aliphatic hydroxyl groups excluding tert-OH is 1. The Balaban J connectivity index is 1.19. The van der Waals surface area contributed by atoms with Crippen molar-refractivity contribution >= 4 is 5.91 Å². The highest BCUT2D eigenvalue weighted by molar-refractivity contribution is 5.75. The first-order valence-electron chi connectivity index (χ1n) is 16.1. The molecule has 2 N–H and O–H groups in total. The number of hydrogen-bond donors (Lipinski definition) is 2. The van der Waals surface area contributed by atoms with Crippen LogP contribution >= 0.6 is 0 Å². The van der Waals surface area contributed by atoms with E-state index in [-0.39, 0.29) is 11.5 Å². The van der Waals surface area contributed by atoms with Gasteiger partial charge in [-0.15, -0.1) is 0 Å². The first kappa shape index (κ1) is 29.4. The van der Waals surface area contributed by atoms with Crippen LogP contribution in [0.15, 0.2) is 18.2 Å². The molecule has 2 unspecified atom stereocenters. The number of carbonyl (C=O) groups excluding carboxylic acids is 1. The summed E-state index contributed by atoms with van der Waals surface area (Å²) in [5, 5.41) is 21.1. The quantitative estimate of drug-likeness (QED) is 0.242. The van der Waals surface area contributed by atoms with E-state index in [1.165, 1.54) is 75.3 Å². The Morgan fingerprint density at radius 1 is 1.00 bits per heavy atom. The highest BCUT2D eigenvalue weighted by atomic mass is 16.3. The molecule has 2 saturated carbocycles.